The molecule has 1 aromatic heterocycles. The summed E-state index contributed by atoms with van der Waals surface area (Å²) in [6.07, 6.45) is 6.83. The first-order chi connectivity index (χ1) is 8.39. The van der Waals surface area contributed by atoms with Gasteiger partial charge < -0.3 is 5.32 Å². The monoisotopic (exact) mass is 267 g/mol. The van der Waals surface area contributed by atoms with Crippen LogP contribution in [-0.4, -0.2) is 15.9 Å². The molecule has 1 aliphatic rings. The highest BCUT2D eigenvalue weighted by Crippen LogP contribution is 2.36. The van der Waals surface area contributed by atoms with Gasteiger partial charge in [0.25, 0.3) is 0 Å². The van der Waals surface area contributed by atoms with Crippen molar-refractivity contribution in [1.82, 2.24) is 9.36 Å². The second-order valence-electron chi connectivity index (χ2n) is 6.90. The number of nitrogens with zero attached hydrogens (tertiary/aromatic N) is 2. The Morgan fingerprint density at radius 3 is 2.44 bits per heavy atom. The zero-order valence-electron chi connectivity index (χ0n) is 12.0. The van der Waals surface area contributed by atoms with E-state index in [4.69, 9.17) is 0 Å². The van der Waals surface area contributed by atoms with Crippen LogP contribution in [0.25, 0.3) is 0 Å². The van der Waals surface area contributed by atoms with E-state index in [0.717, 1.165) is 17.5 Å². The number of hydrogen-bond acceptors (Lipinski definition) is 4. The molecular formula is C14H25N3S. The van der Waals surface area contributed by atoms with Gasteiger partial charge in [0.2, 0.25) is 5.13 Å². The summed E-state index contributed by atoms with van der Waals surface area (Å²) in [5, 5.41) is 4.47. The van der Waals surface area contributed by atoms with Crippen molar-refractivity contribution in [1.29, 1.82) is 0 Å². The van der Waals surface area contributed by atoms with Crippen LogP contribution in [0.1, 0.15) is 65.6 Å². The topological polar surface area (TPSA) is 37.8 Å². The van der Waals surface area contributed by atoms with Crippen LogP contribution in [0.3, 0.4) is 0 Å². The molecule has 1 N–H and O–H groups in total. The Balaban J connectivity index is 1.92. The lowest BCUT2D eigenvalue weighted by Crippen LogP contribution is -2.28. The third-order valence-corrected chi connectivity index (χ3v) is 4.50. The molecule has 0 bridgehead atoms. The summed E-state index contributed by atoms with van der Waals surface area (Å²) >= 11 is 1.49. The minimum Gasteiger partial charge on any atom is -0.360 e. The van der Waals surface area contributed by atoms with Crippen LogP contribution in [0.5, 0.6) is 0 Å². The molecule has 0 spiro atoms. The van der Waals surface area contributed by atoms with Crippen molar-refractivity contribution in [2.24, 2.45) is 5.41 Å². The Morgan fingerprint density at radius 2 is 1.89 bits per heavy atom. The summed E-state index contributed by atoms with van der Waals surface area (Å²) in [6.45, 7) is 9.89. The van der Waals surface area contributed by atoms with Crippen LogP contribution in [0.4, 0.5) is 5.13 Å². The number of nitrogens with one attached hydrogen (secondary N) is 1. The minimum atomic E-state index is 0.0468. The van der Waals surface area contributed by atoms with Crippen LogP contribution in [0.2, 0.25) is 0 Å². The first-order valence-electron chi connectivity index (χ1n) is 6.97. The lowest BCUT2D eigenvalue weighted by Gasteiger charge is -2.33. The summed E-state index contributed by atoms with van der Waals surface area (Å²) in [6, 6.07) is 0. The van der Waals surface area contributed by atoms with Gasteiger partial charge >= 0.3 is 0 Å². The molecule has 2 rings (SSSR count). The van der Waals surface area contributed by atoms with E-state index >= 15 is 0 Å². The highest BCUT2D eigenvalue weighted by Gasteiger charge is 2.27. The number of rotatable bonds is 3. The molecule has 0 unspecified atom stereocenters. The van der Waals surface area contributed by atoms with Crippen LogP contribution < -0.4 is 5.32 Å². The van der Waals surface area contributed by atoms with Gasteiger partial charge in [-0.1, -0.05) is 47.0 Å². The molecule has 0 radical (unpaired) electrons. The maximum absolute atomic E-state index is 4.59. The molecule has 0 amide bonds. The molecule has 1 heterocycles. The van der Waals surface area contributed by atoms with E-state index in [1.165, 1.54) is 43.6 Å². The summed E-state index contributed by atoms with van der Waals surface area (Å²) in [5.41, 5.74) is 0.497. The van der Waals surface area contributed by atoms with E-state index in [1.807, 2.05) is 0 Å². The quantitative estimate of drug-likeness (QED) is 0.891. The van der Waals surface area contributed by atoms with Crippen molar-refractivity contribution in [2.75, 3.05) is 11.9 Å². The molecule has 1 aliphatic carbocycles. The highest BCUT2D eigenvalue weighted by atomic mass is 32.1. The number of anilines is 1. The molecule has 4 heteroatoms. The Kier molecular flexibility index (Phi) is 3.95. The van der Waals surface area contributed by atoms with E-state index in [0.29, 0.717) is 5.41 Å². The molecule has 102 valence electrons. The van der Waals surface area contributed by atoms with Crippen molar-refractivity contribution in [3.8, 4) is 0 Å². The van der Waals surface area contributed by atoms with Gasteiger partial charge in [0, 0.05) is 23.5 Å². The standard InChI is InChI=1S/C14H25N3S/c1-13(2,3)11-16-12(18-17-11)15-10-14(4)8-6-5-7-9-14/h5-10H2,1-4H3,(H,15,16,17). The first-order valence-corrected chi connectivity index (χ1v) is 7.75. The lowest BCUT2D eigenvalue weighted by molar-refractivity contribution is 0.233. The Bertz CT molecular complexity index is 386. The van der Waals surface area contributed by atoms with Gasteiger partial charge in [-0.3, -0.25) is 0 Å². The van der Waals surface area contributed by atoms with Crippen molar-refractivity contribution in [2.45, 2.75) is 65.2 Å². The van der Waals surface area contributed by atoms with Gasteiger partial charge in [-0.25, -0.2) is 4.98 Å². The highest BCUT2D eigenvalue weighted by molar-refractivity contribution is 7.09. The SMILES string of the molecule is CC1(CNc2nc(C(C)(C)C)ns2)CCCCC1. The van der Waals surface area contributed by atoms with Crippen LogP contribution in [0, 0.1) is 5.41 Å². The maximum Gasteiger partial charge on any atom is 0.202 e. The molecule has 3 nitrogen and oxygen atoms in total. The van der Waals surface area contributed by atoms with Gasteiger partial charge in [-0.15, -0.1) is 0 Å². The molecule has 0 saturated heterocycles. The zero-order chi connectivity index (χ0) is 13.2. The second kappa shape index (κ2) is 5.16. The predicted octanol–water partition coefficient (Wildman–Crippen LogP) is 4.22. The zero-order valence-corrected chi connectivity index (χ0v) is 12.9. The Labute approximate surface area is 115 Å². The Hall–Kier alpha value is -0.640. The van der Waals surface area contributed by atoms with Crippen LogP contribution in [0.15, 0.2) is 0 Å². The smallest absolute Gasteiger partial charge is 0.202 e. The maximum atomic E-state index is 4.59. The number of hydrogen-bond donors (Lipinski definition) is 1. The van der Waals surface area contributed by atoms with Crippen molar-refractivity contribution < 1.29 is 0 Å². The molecule has 1 fully saturated rings. The largest absolute Gasteiger partial charge is 0.360 e. The first kappa shape index (κ1) is 13.8. The third kappa shape index (κ3) is 3.44. The molecule has 0 atom stereocenters. The molecular weight excluding hydrogens is 242 g/mol. The summed E-state index contributed by atoms with van der Waals surface area (Å²) in [5.74, 6) is 0.948. The molecule has 0 aliphatic heterocycles. The van der Waals surface area contributed by atoms with E-state index < -0.39 is 0 Å². The van der Waals surface area contributed by atoms with Gasteiger partial charge in [0.05, 0.1) is 0 Å². The fourth-order valence-electron chi connectivity index (χ4n) is 2.47. The van der Waals surface area contributed by atoms with Crippen molar-refractivity contribution in [3.63, 3.8) is 0 Å². The molecule has 18 heavy (non-hydrogen) atoms. The van der Waals surface area contributed by atoms with Gasteiger partial charge in [-0.05, 0) is 18.3 Å². The second-order valence-corrected chi connectivity index (χ2v) is 7.65. The van der Waals surface area contributed by atoms with E-state index in [2.05, 4.69) is 42.4 Å². The van der Waals surface area contributed by atoms with Crippen LogP contribution >= 0.6 is 11.5 Å². The van der Waals surface area contributed by atoms with Crippen molar-refractivity contribution in [3.05, 3.63) is 5.82 Å². The Morgan fingerprint density at radius 1 is 1.22 bits per heavy atom. The van der Waals surface area contributed by atoms with E-state index in [-0.39, 0.29) is 5.41 Å². The fraction of sp³-hybridized carbons (Fsp3) is 0.857. The van der Waals surface area contributed by atoms with Gasteiger partial charge in [0.15, 0.2) is 0 Å². The predicted molar refractivity (Wildman–Crippen MR) is 78.3 cm³/mol. The molecule has 1 saturated carbocycles. The summed E-state index contributed by atoms with van der Waals surface area (Å²) in [7, 11) is 0. The summed E-state index contributed by atoms with van der Waals surface area (Å²) < 4.78 is 4.44. The van der Waals surface area contributed by atoms with E-state index in [1.54, 1.807) is 0 Å². The fourth-order valence-corrected chi connectivity index (χ4v) is 3.22. The number of aromatic nitrogens is 2. The average molecular weight is 267 g/mol. The van der Waals surface area contributed by atoms with Crippen LogP contribution in [-0.2, 0) is 5.41 Å². The minimum absolute atomic E-state index is 0.0468. The normalized spacial score (nSPS) is 19.8. The molecule has 1 aromatic rings. The summed E-state index contributed by atoms with van der Waals surface area (Å²) in [4.78, 5) is 4.59. The van der Waals surface area contributed by atoms with Gasteiger partial charge in [-0.2, -0.15) is 4.37 Å². The lowest BCUT2D eigenvalue weighted by atomic mass is 9.76. The third-order valence-electron chi connectivity index (χ3n) is 3.82. The van der Waals surface area contributed by atoms with Gasteiger partial charge in [0.1, 0.15) is 5.82 Å². The van der Waals surface area contributed by atoms with E-state index in [9.17, 15) is 0 Å². The molecule has 0 aromatic carbocycles. The van der Waals surface area contributed by atoms with Crippen molar-refractivity contribution >= 4 is 16.7 Å². The average Bonchev–Trinajstić information content (AvgIpc) is 2.76.